The first-order valence-electron chi connectivity index (χ1n) is 5.44. The Morgan fingerprint density at radius 2 is 2.43 bits per heavy atom. The topological polar surface area (TPSA) is 44.7 Å². The van der Waals surface area contributed by atoms with Crippen LogP contribution in [0.1, 0.15) is 13.8 Å². The summed E-state index contributed by atoms with van der Waals surface area (Å²) >= 11 is 0. The van der Waals surface area contributed by atoms with Crippen molar-refractivity contribution >= 4 is 0 Å². The van der Waals surface area contributed by atoms with Crippen LogP contribution < -0.4 is 5.32 Å². The van der Waals surface area contributed by atoms with Gasteiger partial charge in [0, 0.05) is 25.7 Å². The van der Waals surface area contributed by atoms with Crippen molar-refractivity contribution in [3.63, 3.8) is 0 Å². The highest BCUT2D eigenvalue weighted by Crippen LogP contribution is 2.03. The molecule has 0 amide bonds. The van der Waals surface area contributed by atoms with Crippen LogP contribution in [0.3, 0.4) is 0 Å². The van der Waals surface area contributed by atoms with E-state index in [1.165, 1.54) is 0 Å². The molecule has 1 aliphatic heterocycles. The average molecular weight is 202 g/mol. The molecule has 2 N–H and O–H groups in total. The monoisotopic (exact) mass is 202 g/mol. The molecule has 1 saturated heterocycles. The molecule has 1 heterocycles. The van der Waals surface area contributed by atoms with Crippen molar-refractivity contribution in [2.24, 2.45) is 0 Å². The van der Waals surface area contributed by atoms with Gasteiger partial charge in [-0.25, -0.2) is 0 Å². The molecule has 1 rings (SSSR count). The highest BCUT2D eigenvalue weighted by atomic mass is 16.5. The molecule has 0 aliphatic carbocycles. The normalized spacial score (nSPS) is 26.4. The van der Waals surface area contributed by atoms with E-state index in [0.717, 1.165) is 32.8 Å². The Morgan fingerprint density at radius 1 is 1.64 bits per heavy atom. The number of hydrogen-bond acceptors (Lipinski definition) is 4. The van der Waals surface area contributed by atoms with Crippen molar-refractivity contribution in [3.8, 4) is 0 Å². The molecule has 1 fully saturated rings. The zero-order valence-corrected chi connectivity index (χ0v) is 9.20. The summed E-state index contributed by atoms with van der Waals surface area (Å²) in [6, 6.07) is 0.163. The van der Waals surface area contributed by atoms with Crippen LogP contribution >= 0.6 is 0 Å². The van der Waals surface area contributed by atoms with Crippen LogP contribution in [0.15, 0.2) is 0 Å². The fraction of sp³-hybridized carbons (Fsp3) is 1.00. The van der Waals surface area contributed by atoms with Crippen molar-refractivity contribution in [1.82, 2.24) is 10.2 Å². The van der Waals surface area contributed by atoms with Gasteiger partial charge in [-0.1, -0.05) is 6.92 Å². The van der Waals surface area contributed by atoms with E-state index in [0.29, 0.717) is 0 Å². The van der Waals surface area contributed by atoms with E-state index < -0.39 is 0 Å². The van der Waals surface area contributed by atoms with Gasteiger partial charge in [0.15, 0.2) is 0 Å². The standard InChI is InChI=1S/C10H22N2O2/c1-3-12-4-5-14-10(7-12)6-11-9(2)8-13/h9-11,13H,3-8H2,1-2H3. The number of nitrogens with one attached hydrogen (secondary N) is 1. The van der Waals surface area contributed by atoms with E-state index in [1.807, 2.05) is 6.92 Å². The minimum absolute atomic E-state index is 0.163. The third-order valence-electron chi connectivity index (χ3n) is 2.64. The number of likely N-dealkylation sites (N-methyl/N-ethyl adjacent to an activating group) is 1. The number of rotatable bonds is 5. The fourth-order valence-electron chi connectivity index (χ4n) is 1.59. The van der Waals surface area contributed by atoms with Crippen molar-refractivity contribution in [3.05, 3.63) is 0 Å². The predicted molar refractivity (Wildman–Crippen MR) is 56.4 cm³/mol. The Hall–Kier alpha value is -0.160. The van der Waals surface area contributed by atoms with Gasteiger partial charge in [0.25, 0.3) is 0 Å². The van der Waals surface area contributed by atoms with Gasteiger partial charge in [-0.3, -0.25) is 4.90 Å². The minimum atomic E-state index is 0.163. The maximum absolute atomic E-state index is 8.85. The van der Waals surface area contributed by atoms with Crippen LogP contribution in [0.5, 0.6) is 0 Å². The van der Waals surface area contributed by atoms with Crippen LogP contribution in [0.25, 0.3) is 0 Å². The molecule has 0 saturated carbocycles. The average Bonchev–Trinajstić information content (AvgIpc) is 2.26. The third-order valence-corrected chi connectivity index (χ3v) is 2.64. The Morgan fingerprint density at radius 3 is 3.07 bits per heavy atom. The predicted octanol–water partition coefficient (Wildman–Crippen LogP) is -0.322. The number of hydrogen-bond donors (Lipinski definition) is 2. The molecule has 2 atom stereocenters. The van der Waals surface area contributed by atoms with Gasteiger partial charge >= 0.3 is 0 Å². The molecular formula is C10H22N2O2. The molecule has 0 aromatic carbocycles. The largest absolute Gasteiger partial charge is 0.395 e. The number of aliphatic hydroxyl groups excluding tert-OH is 1. The molecule has 1 aliphatic rings. The van der Waals surface area contributed by atoms with Gasteiger partial charge in [-0.15, -0.1) is 0 Å². The molecule has 0 radical (unpaired) electrons. The lowest BCUT2D eigenvalue weighted by atomic mass is 10.2. The molecule has 0 spiro atoms. The smallest absolute Gasteiger partial charge is 0.0826 e. The summed E-state index contributed by atoms with van der Waals surface area (Å²) in [5.74, 6) is 0. The fourth-order valence-corrected chi connectivity index (χ4v) is 1.59. The first-order chi connectivity index (χ1) is 6.76. The van der Waals surface area contributed by atoms with Gasteiger partial charge < -0.3 is 15.2 Å². The van der Waals surface area contributed by atoms with Crippen molar-refractivity contribution in [2.45, 2.75) is 26.0 Å². The number of nitrogens with zero attached hydrogens (tertiary/aromatic N) is 1. The SMILES string of the molecule is CCN1CCOC(CNC(C)CO)C1. The van der Waals surface area contributed by atoms with Gasteiger partial charge in [0.05, 0.1) is 19.3 Å². The van der Waals surface area contributed by atoms with Gasteiger partial charge in [0.2, 0.25) is 0 Å². The zero-order chi connectivity index (χ0) is 10.4. The number of aliphatic hydroxyl groups is 1. The first-order valence-corrected chi connectivity index (χ1v) is 5.44. The van der Waals surface area contributed by atoms with Crippen LogP contribution in [0.4, 0.5) is 0 Å². The van der Waals surface area contributed by atoms with E-state index in [1.54, 1.807) is 0 Å². The van der Waals surface area contributed by atoms with Crippen LogP contribution in [-0.2, 0) is 4.74 Å². The summed E-state index contributed by atoms with van der Waals surface area (Å²) in [6.45, 7) is 9.13. The highest BCUT2D eigenvalue weighted by Gasteiger charge is 2.19. The summed E-state index contributed by atoms with van der Waals surface area (Å²) in [6.07, 6.45) is 0.276. The molecule has 4 nitrogen and oxygen atoms in total. The van der Waals surface area contributed by atoms with E-state index in [4.69, 9.17) is 9.84 Å². The first kappa shape index (κ1) is 11.9. The summed E-state index contributed by atoms with van der Waals surface area (Å²) in [5, 5.41) is 12.1. The molecule has 0 bridgehead atoms. The number of morpholine rings is 1. The lowest BCUT2D eigenvalue weighted by Gasteiger charge is -2.32. The van der Waals surface area contributed by atoms with Crippen molar-refractivity contribution in [2.75, 3.05) is 39.4 Å². The maximum Gasteiger partial charge on any atom is 0.0826 e. The van der Waals surface area contributed by atoms with E-state index in [-0.39, 0.29) is 18.8 Å². The molecule has 84 valence electrons. The molecule has 14 heavy (non-hydrogen) atoms. The van der Waals surface area contributed by atoms with E-state index in [9.17, 15) is 0 Å². The second kappa shape index (κ2) is 6.35. The molecule has 0 aromatic heterocycles. The van der Waals surface area contributed by atoms with Gasteiger partial charge in [0.1, 0.15) is 0 Å². The van der Waals surface area contributed by atoms with Crippen molar-refractivity contribution in [1.29, 1.82) is 0 Å². The lowest BCUT2D eigenvalue weighted by molar-refractivity contribution is -0.0267. The van der Waals surface area contributed by atoms with E-state index >= 15 is 0 Å². The van der Waals surface area contributed by atoms with Crippen LogP contribution in [0, 0.1) is 0 Å². The van der Waals surface area contributed by atoms with Crippen molar-refractivity contribution < 1.29 is 9.84 Å². The highest BCUT2D eigenvalue weighted by molar-refractivity contribution is 4.73. The number of ether oxygens (including phenoxy) is 1. The summed E-state index contributed by atoms with van der Waals surface area (Å²) in [5.41, 5.74) is 0. The Labute approximate surface area is 86.2 Å². The van der Waals surface area contributed by atoms with Gasteiger partial charge in [-0.2, -0.15) is 0 Å². The quantitative estimate of drug-likeness (QED) is 0.641. The summed E-state index contributed by atoms with van der Waals surface area (Å²) in [4.78, 5) is 2.39. The molecular weight excluding hydrogens is 180 g/mol. The van der Waals surface area contributed by atoms with Crippen LogP contribution in [0.2, 0.25) is 0 Å². The zero-order valence-electron chi connectivity index (χ0n) is 9.20. The Bertz CT molecular complexity index is 155. The summed E-state index contributed by atoms with van der Waals surface area (Å²) in [7, 11) is 0. The second-order valence-corrected chi connectivity index (χ2v) is 3.88. The molecule has 0 aromatic rings. The van der Waals surface area contributed by atoms with Crippen LogP contribution in [-0.4, -0.2) is 61.5 Å². The van der Waals surface area contributed by atoms with Gasteiger partial charge in [-0.05, 0) is 13.5 Å². The molecule has 4 heteroatoms. The third kappa shape index (κ3) is 3.92. The lowest BCUT2D eigenvalue weighted by Crippen LogP contribution is -2.48. The Kier molecular flexibility index (Phi) is 5.40. The maximum atomic E-state index is 8.85. The molecule has 2 unspecified atom stereocenters. The summed E-state index contributed by atoms with van der Waals surface area (Å²) < 4.78 is 5.62. The minimum Gasteiger partial charge on any atom is -0.395 e. The Balaban J connectivity index is 2.17. The second-order valence-electron chi connectivity index (χ2n) is 3.88. The van der Waals surface area contributed by atoms with E-state index in [2.05, 4.69) is 17.1 Å².